The lowest BCUT2D eigenvalue weighted by atomic mass is 10.1. The normalized spacial score (nSPS) is 11.2. The number of rotatable bonds is 6. The third-order valence-corrected chi connectivity index (χ3v) is 4.73. The molecule has 0 atom stereocenters. The predicted molar refractivity (Wildman–Crippen MR) is 117 cm³/mol. The van der Waals surface area contributed by atoms with Crippen molar-refractivity contribution in [2.45, 2.75) is 40.7 Å². The number of aliphatic imine (C=N–C) groups is 1. The predicted octanol–water partition coefficient (Wildman–Crippen LogP) is 3.13. The van der Waals surface area contributed by atoms with Gasteiger partial charge in [0.25, 0.3) is 5.91 Å². The van der Waals surface area contributed by atoms with Crippen LogP contribution in [0, 0.1) is 6.92 Å². The maximum absolute atomic E-state index is 12.1. The molecule has 0 saturated carbocycles. The van der Waals surface area contributed by atoms with Gasteiger partial charge in [-0.05, 0) is 31.4 Å². The highest BCUT2D eigenvalue weighted by molar-refractivity contribution is 7.16. The lowest BCUT2D eigenvalue weighted by Gasteiger charge is -2.11. The van der Waals surface area contributed by atoms with Crippen molar-refractivity contribution >= 4 is 34.1 Å². The van der Waals surface area contributed by atoms with Crippen molar-refractivity contribution in [1.29, 1.82) is 0 Å². The number of hydrogen-bond acceptors (Lipinski definition) is 5. The molecule has 0 unspecified atom stereocenters. The number of carbonyl (C=O) groups excluding carboxylic acids is 2. The van der Waals surface area contributed by atoms with Crippen LogP contribution in [-0.2, 0) is 22.6 Å². The third kappa shape index (κ3) is 8.84. The van der Waals surface area contributed by atoms with E-state index < -0.39 is 5.91 Å². The summed E-state index contributed by atoms with van der Waals surface area (Å²) < 4.78 is 9.50. The number of aliphatic hydroxyl groups is 1. The van der Waals surface area contributed by atoms with E-state index in [0.29, 0.717) is 12.2 Å². The van der Waals surface area contributed by atoms with Gasteiger partial charge in [0, 0.05) is 17.4 Å². The number of carbonyl (C=O) groups is 2. The molecule has 9 heteroatoms. The molecule has 29 heavy (non-hydrogen) atoms. The Labute approximate surface area is 175 Å². The van der Waals surface area contributed by atoms with E-state index in [1.54, 1.807) is 18.2 Å². The summed E-state index contributed by atoms with van der Waals surface area (Å²) in [5.74, 6) is -0.714. The lowest BCUT2D eigenvalue weighted by Crippen LogP contribution is -2.49. The number of alkyl halides is 1. The topological polar surface area (TPSA) is 103 Å². The standard InChI is InChI=1S/C19H26N4O3S.CH3F/c1-6-8-9-10-12(3)17(26)22-23-19(20-14(5)25)21-18-13(4)15(7-2)16(11-24)27-18;1-2/h6,8-10,24H,3,7,11H2,1-2,4-5H3,(H,22,26)(H2,20,21,23,25);1H3/b8-6-,10-9-;. The number of guanidine groups is 1. The van der Waals surface area contributed by atoms with E-state index in [2.05, 4.69) is 27.7 Å². The summed E-state index contributed by atoms with van der Waals surface area (Å²) in [4.78, 5) is 28.7. The molecule has 4 N–H and O–H groups in total. The Kier molecular flexibility index (Phi) is 12.9. The van der Waals surface area contributed by atoms with Crippen molar-refractivity contribution in [3.8, 4) is 0 Å². The Morgan fingerprint density at radius 3 is 2.41 bits per heavy atom. The zero-order valence-corrected chi connectivity index (χ0v) is 18.2. The lowest BCUT2D eigenvalue weighted by molar-refractivity contribution is -0.119. The molecule has 0 saturated heterocycles. The zero-order valence-electron chi connectivity index (χ0n) is 17.4. The number of thiophene rings is 1. The first-order chi connectivity index (χ1) is 13.8. The summed E-state index contributed by atoms with van der Waals surface area (Å²) in [6.07, 6.45) is 7.64. The molecule has 0 aromatic carbocycles. The number of amides is 2. The minimum Gasteiger partial charge on any atom is -0.391 e. The van der Waals surface area contributed by atoms with Gasteiger partial charge in [0.1, 0.15) is 5.00 Å². The second kappa shape index (κ2) is 14.3. The molecule has 1 aromatic rings. The number of allylic oxidation sites excluding steroid dienone is 3. The summed E-state index contributed by atoms with van der Waals surface area (Å²) in [6.45, 7) is 10.7. The minimum atomic E-state index is -0.456. The number of nitrogens with zero attached hydrogens (tertiary/aromatic N) is 1. The molecule has 2 amide bonds. The maximum Gasteiger partial charge on any atom is 0.269 e. The van der Waals surface area contributed by atoms with Crippen molar-refractivity contribution in [2.75, 3.05) is 7.18 Å². The molecular weight excluding hydrogens is 395 g/mol. The van der Waals surface area contributed by atoms with E-state index >= 15 is 0 Å². The van der Waals surface area contributed by atoms with Crippen molar-refractivity contribution in [3.63, 3.8) is 0 Å². The second-order valence-electron chi connectivity index (χ2n) is 5.58. The van der Waals surface area contributed by atoms with Crippen LogP contribution in [-0.4, -0.2) is 30.1 Å². The van der Waals surface area contributed by atoms with Crippen LogP contribution in [0.2, 0.25) is 0 Å². The Balaban J connectivity index is 0.00000379. The number of hydrogen-bond donors (Lipinski definition) is 4. The fraction of sp³-hybridized carbons (Fsp3) is 0.350. The summed E-state index contributed by atoms with van der Waals surface area (Å²) in [6, 6.07) is 0. The number of aliphatic hydroxyl groups excluding tert-OH is 1. The van der Waals surface area contributed by atoms with Crippen LogP contribution in [0.15, 0.2) is 41.4 Å². The van der Waals surface area contributed by atoms with Gasteiger partial charge < -0.3 is 5.11 Å². The van der Waals surface area contributed by atoms with E-state index in [9.17, 15) is 19.1 Å². The van der Waals surface area contributed by atoms with Crippen molar-refractivity contribution in [1.82, 2.24) is 16.2 Å². The second-order valence-corrected chi connectivity index (χ2v) is 6.66. The summed E-state index contributed by atoms with van der Waals surface area (Å²) >= 11 is 1.34. The summed E-state index contributed by atoms with van der Waals surface area (Å²) in [7, 11) is 0.500. The molecular formula is C20H29FN4O3S. The molecule has 0 fully saturated rings. The largest absolute Gasteiger partial charge is 0.391 e. The van der Waals surface area contributed by atoms with Crippen LogP contribution < -0.4 is 16.2 Å². The van der Waals surface area contributed by atoms with Crippen LogP contribution >= 0.6 is 11.3 Å². The maximum atomic E-state index is 12.1. The van der Waals surface area contributed by atoms with Gasteiger partial charge in [-0.15, -0.1) is 11.3 Å². The molecule has 1 rings (SSSR count). The molecule has 0 spiro atoms. The molecule has 160 valence electrons. The number of nitrogens with one attached hydrogen (secondary N) is 3. The average molecular weight is 425 g/mol. The molecule has 0 radical (unpaired) electrons. The Bertz CT molecular complexity index is 798. The highest BCUT2D eigenvalue weighted by atomic mass is 32.1. The summed E-state index contributed by atoms with van der Waals surface area (Å²) in [5, 5.41) is 12.7. The summed E-state index contributed by atoms with van der Waals surface area (Å²) in [5.41, 5.74) is 7.27. The van der Waals surface area contributed by atoms with Gasteiger partial charge in [-0.2, -0.15) is 0 Å². The zero-order chi connectivity index (χ0) is 22.4. The van der Waals surface area contributed by atoms with Gasteiger partial charge in [-0.1, -0.05) is 37.8 Å². The van der Waals surface area contributed by atoms with E-state index in [4.69, 9.17) is 0 Å². The van der Waals surface area contributed by atoms with Crippen LogP contribution in [0.25, 0.3) is 0 Å². The van der Waals surface area contributed by atoms with E-state index in [1.807, 2.05) is 26.8 Å². The first-order valence-corrected chi connectivity index (χ1v) is 9.66. The van der Waals surface area contributed by atoms with E-state index in [1.165, 1.54) is 18.3 Å². The van der Waals surface area contributed by atoms with Gasteiger partial charge in [0.15, 0.2) is 0 Å². The monoisotopic (exact) mass is 424 g/mol. The molecule has 0 bridgehead atoms. The quantitative estimate of drug-likeness (QED) is 0.185. The van der Waals surface area contributed by atoms with E-state index in [0.717, 1.165) is 22.4 Å². The highest BCUT2D eigenvalue weighted by Gasteiger charge is 2.14. The van der Waals surface area contributed by atoms with Gasteiger partial charge in [0.05, 0.1) is 13.8 Å². The van der Waals surface area contributed by atoms with Gasteiger partial charge in [0.2, 0.25) is 11.9 Å². The first-order valence-electron chi connectivity index (χ1n) is 8.84. The van der Waals surface area contributed by atoms with Gasteiger partial charge in [-0.3, -0.25) is 30.1 Å². The fourth-order valence-corrected chi connectivity index (χ4v) is 3.33. The Morgan fingerprint density at radius 1 is 1.28 bits per heavy atom. The molecule has 1 aromatic heterocycles. The Morgan fingerprint density at radius 2 is 1.93 bits per heavy atom. The highest BCUT2D eigenvalue weighted by Crippen LogP contribution is 2.35. The van der Waals surface area contributed by atoms with Crippen LogP contribution in [0.3, 0.4) is 0 Å². The van der Waals surface area contributed by atoms with Crippen LogP contribution in [0.1, 0.15) is 36.8 Å². The van der Waals surface area contributed by atoms with Gasteiger partial charge >= 0.3 is 0 Å². The van der Waals surface area contributed by atoms with Crippen molar-refractivity contribution < 1.29 is 19.1 Å². The Hall–Kier alpha value is -2.78. The number of halogens is 1. The molecule has 1 heterocycles. The van der Waals surface area contributed by atoms with Crippen LogP contribution in [0.4, 0.5) is 9.39 Å². The van der Waals surface area contributed by atoms with E-state index in [-0.39, 0.29) is 24.0 Å². The third-order valence-electron chi connectivity index (χ3n) is 3.52. The fourth-order valence-electron chi connectivity index (χ4n) is 2.20. The van der Waals surface area contributed by atoms with Crippen LogP contribution in [0.5, 0.6) is 0 Å². The SMILES string of the molecule is C=C(/C=C\C=C/C)C(=O)NN/C(=N/c1sc(CO)c(CC)c1C)NC(C)=O.CF. The molecule has 0 aliphatic rings. The minimum absolute atomic E-state index is 0.0673. The van der Waals surface area contributed by atoms with Crippen molar-refractivity contribution in [2.24, 2.45) is 4.99 Å². The average Bonchev–Trinajstić information content (AvgIpc) is 3.01. The first kappa shape index (κ1) is 26.2. The number of hydrazine groups is 1. The molecule has 0 aliphatic heterocycles. The molecule has 7 nitrogen and oxygen atoms in total. The smallest absolute Gasteiger partial charge is 0.269 e. The van der Waals surface area contributed by atoms with Crippen molar-refractivity contribution in [3.05, 3.63) is 52.5 Å². The van der Waals surface area contributed by atoms with Gasteiger partial charge in [-0.25, -0.2) is 4.99 Å². The molecule has 0 aliphatic carbocycles.